The van der Waals surface area contributed by atoms with Gasteiger partial charge in [-0.3, -0.25) is 4.79 Å². The van der Waals surface area contributed by atoms with Gasteiger partial charge in [-0.25, -0.2) is 22.9 Å². The fourth-order valence-corrected chi connectivity index (χ4v) is 4.19. The molecular formula is C21H27N3O5S. The quantitative estimate of drug-likeness (QED) is 0.587. The van der Waals surface area contributed by atoms with E-state index in [2.05, 4.69) is 15.0 Å². The van der Waals surface area contributed by atoms with Crippen molar-refractivity contribution < 1.29 is 22.7 Å². The molecule has 0 aliphatic rings. The molecule has 2 aromatic rings. The zero-order chi connectivity index (χ0) is 22.3. The summed E-state index contributed by atoms with van der Waals surface area (Å²) in [7, 11) is -3.39. The maximum Gasteiger partial charge on any atom is 0.339 e. The highest BCUT2D eigenvalue weighted by Crippen LogP contribution is 2.11. The minimum Gasteiger partial charge on any atom is -0.462 e. The summed E-state index contributed by atoms with van der Waals surface area (Å²) < 4.78 is 31.5. The first-order valence-electron chi connectivity index (χ1n) is 9.62. The second kappa shape index (κ2) is 10.3. The van der Waals surface area contributed by atoms with E-state index in [-0.39, 0.29) is 36.5 Å². The molecule has 1 aromatic carbocycles. The van der Waals surface area contributed by atoms with E-state index in [1.165, 1.54) is 12.1 Å². The van der Waals surface area contributed by atoms with Crippen molar-refractivity contribution >= 4 is 21.9 Å². The first kappa shape index (κ1) is 23.5. The summed E-state index contributed by atoms with van der Waals surface area (Å²) in [5, 5.41) is 2.76. The predicted molar refractivity (Wildman–Crippen MR) is 113 cm³/mol. The molecule has 0 aliphatic heterocycles. The molecule has 0 aliphatic carbocycles. The lowest BCUT2D eigenvalue weighted by Crippen LogP contribution is -2.31. The van der Waals surface area contributed by atoms with Gasteiger partial charge >= 0.3 is 5.97 Å². The number of esters is 1. The minimum atomic E-state index is -3.39. The predicted octanol–water partition coefficient (Wildman–Crippen LogP) is 2.32. The Morgan fingerprint density at radius 3 is 2.27 bits per heavy atom. The van der Waals surface area contributed by atoms with Crippen molar-refractivity contribution in [2.24, 2.45) is 0 Å². The van der Waals surface area contributed by atoms with Crippen LogP contribution in [0.1, 0.15) is 58.4 Å². The smallest absolute Gasteiger partial charge is 0.339 e. The number of aryl methyl sites for hydroxylation is 1. The van der Waals surface area contributed by atoms with Crippen molar-refractivity contribution in [3.05, 3.63) is 64.5 Å². The third kappa shape index (κ3) is 6.93. The SMILES string of the molecule is CCOC(=O)c1ccc(C(=O)NCc2ccc(CS(=O)(=O)NC(C)C)cc2)nc1C. The molecule has 30 heavy (non-hydrogen) atoms. The van der Waals surface area contributed by atoms with Gasteiger partial charge in [0.25, 0.3) is 5.91 Å². The lowest BCUT2D eigenvalue weighted by molar-refractivity contribution is 0.0524. The Balaban J connectivity index is 1.96. The van der Waals surface area contributed by atoms with Crippen LogP contribution in [0.2, 0.25) is 0 Å². The summed E-state index contributed by atoms with van der Waals surface area (Å²) in [6.45, 7) is 7.42. The normalized spacial score (nSPS) is 11.4. The average Bonchev–Trinajstić information content (AvgIpc) is 2.65. The van der Waals surface area contributed by atoms with E-state index in [4.69, 9.17) is 4.74 Å². The van der Waals surface area contributed by atoms with E-state index in [1.807, 2.05) is 0 Å². The highest BCUT2D eigenvalue weighted by Gasteiger charge is 2.15. The first-order chi connectivity index (χ1) is 14.1. The van der Waals surface area contributed by atoms with Gasteiger partial charge < -0.3 is 10.1 Å². The number of ether oxygens (including phenoxy) is 1. The summed E-state index contributed by atoms with van der Waals surface area (Å²) in [6.07, 6.45) is 0. The number of carbonyl (C=O) groups excluding carboxylic acids is 2. The molecule has 9 heteroatoms. The van der Waals surface area contributed by atoms with Crippen LogP contribution in [0, 0.1) is 6.92 Å². The van der Waals surface area contributed by atoms with E-state index in [0.29, 0.717) is 16.8 Å². The van der Waals surface area contributed by atoms with E-state index >= 15 is 0 Å². The highest BCUT2D eigenvalue weighted by atomic mass is 32.2. The molecule has 2 N–H and O–H groups in total. The average molecular weight is 434 g/mol. The van der Waals surface area contributed by atoms with Gasteiger partial charge in [0.1, 0.15) is 5.69 Å². The number of benzene rings is 1. The monoisotopic (exact) mass is 433 g/mol. The van der Waals surface area contributed by atoms with Crippen LogP contribution in [-0.4, -0.2) is 37.9 Å². The van der Waals surface area contributed by atoms with Crippen LogP contribution in [0.5, 0.6) is 0 Å². The van der Waals surface area contributed by atoms with Crippen molar-refractivity contribution in [3.8, 4) is 0 Å². The van der Waals surface area contributed by atoms with Crippen molar-refractivity contribution in [1.29, 1.82) is 0 Å². The topological polar surface area (TPSA) is 114 Å². The number of pyridine rings is 1. The zero-order valence-electron chi connectivity index (χ0n) is 17.6. The van der Waals surface area contributed by atoms with Crippen LogP contribution < -0.4 is 10.0 Å². The fraction of sp³-hybridized carbons (Fsp3) is 0.381. The van der Waals surface area contributed by atoms with Crippen LogP contribution >= 0.6 is 0 Å². The third-order valence-corrected chi connectivity index (χ3v) is 5.61. The standard InChI is InChI=1S/C21H27N3O5S/c1-5-29-21(26)18-10-11-19(23-15(18)4)20(25)22-12-16-6-8-17(9-7-16)13-30(27,28)24-14(2)3/h6-11,14,24H,5,12-13H2,1-4H3,(H,22,25). The molecule has 1 amide bonds. The lowest BCUT2D eigenvalue weighted by atomic mass is 10.1. The number of nitrogens with one attached hydrogen (secondary N) is 2. The Kier molecular flexibility index (Phi) is 8.08. The third-order valence-electron chi connectivity index (χ3n) is 4.06. The number of sulfonamides is 1. The van der Waals surface area contributed by atoms with Crippen LogP contribution in [0.25, 0.3) is 0 Å². The summed E-state index contributed by atoms with van der Waals surface area (Å²) in [5.74, 6) is -0.949. The van der Waals surface area contributed by atoms with Gasteiger partial charge in [0.15, 0.2) is 0 Å². The molecule has 1 aromatic heterocycles. The Labute approximate surface area is 177 Å². The van der Waals surface area contributed by atoms with E-state index in [9.17, 15) is 18.0 Å². The maximum atomic E-state index is 12.4. The summed E-state index contributed by atoms with van der Waals surface area (Å²) in [5.41, 5.74) is 2.42. The molecular weight excluding hydrogens is 406 g/mol. The molecule has 0 bridgehead atoms. The van der Waals surface area contributed by atoms with Gasteiger partial charge in [-0.1, -0.05) is 24.3 Å². The van der Waals surface area contributed by atoms with E-state index in [0.717, 1.165) is 5.56 Å². The fourth-order valence-electron chi connectivity index (χ4n) is 2.76. The van der Waals surface area contributed by atoms with Gasteiger partial charge in [0.2, 0.25) is 10.0 Å². The van der Waals surface area contributed by atoms with E-state index < -0.39 is 16.0 Å². The molecule has 0 saturated heterocycles. The van der Waals surface area contributed by atoms with Crippen LogP contribution in [0.15, 0.2) is 36.4 Å². The summed E-state index contributed by atoms with van der Waals surface area (Å²) in [6, 6.07) is 9.81. The molecule has 0 saturated carbocycles. The number of hydrogen-bond acceptors (Lipinski definition) is 6. The summed E-state index contributed by atoms with van der Waals surface area (Å²) >= 11 is 0. The zero-order valence-corrected chi connectivity index (χ0v) is 18.4. The Morgan fingerprint density at radius 1 is 1.07 bits per heavy atom. The number of hydrogen-bond donors (Lipinski definition) is 2. The van der Waals surface area contributed by atoms with E-state index in [1.54, 1.807) is 52.0 Å². The van der Waals surface area contributed by atoms with Crippen molar-refractivity contribution in [2.75, 3.05) is 6.61 Å². The number of rotatable bonds is 9. The van der Waals surface area contributed by atoms with Gasteiger partial charge in [-0.05, 0) is 51.0 Å². The lowest BCUT2D eigenvalue weighted by Gasteiger charge is -2.10. The molecule has 0 unspecified atom stereocenters. The second-order valence-electron chi connectivity index (χ2n) is 7.08. The number of carbonyl (C=O) groups is 2. The second-order valence-corrected chi connectivity index (χ2v) is 8.83. The van der Waals surface area contributed by atoms with Gasteiger partial charge in [-0.15, -0.1) is 0 Å². The Hall–Kier alpha value is -2.78. The minimum absolute atomic E-state index is 0.103. The van der Waals surface area contributed by atoms with Gasteiger partial charge in [0, 0.05) is 12.6 Å². The molecule has 0 fully saturated rings. The van der Waals surface area contributed by atoms with Crippen molar-refractivity contribution in [2.45, 2.75) is 46.0 Å². The Bertz CT molecular complexity index is 1000. The molecule has 0 radical (unpaired) electrons. The van der Waals surface area contributed by atoms with Crippen LogP contribution in [0.3, 0.4) is 0 Å². The summed E-state index contributed by atoms with van der Waals surface area (Å²) in [4.78, 5) is 28.4. The highest BCUT2D eigenvalue weighted by molar-refractivity contribution is 7.88. The van der Waals surface area contributed by atoms with Gasteiger partial charge in [0.05, 0.1) is 23.6 Å². The van der Waals surface area contributed by atoms with Crippen molar-refractivity contribution in [1.82, 2.24) is 15.0 Å². The largest absolute Gasteiger partial charge is 0.462 e. The van der Waals surface area contributed by atoms with Crippen LogP contribution in [-0.2, 0) is 27.1 Å². The molecule has 8 nitrogen and oxygen atoms in total. The molecule has 0 spiro atoms. The Morgan fingerprint density at radius 2 is 1.70 bits per heavy atom. The van der Waals surface area contributed by atoms with Crippen molar-refractivity contribution in [3.63, 3.8) is 0 Å². The number of amides is 1. The molecule has 162 valence electrons. The maximum absolute atomic E-state index is 12.4. The number of nitrogens with zero attached hydrogens (tertiary/aromatic N) is 1. The molecule has 2 rings (SSSR count). The first-order valence-corrected chi connectivity index (χ1v) is 11.3. The molecule has 0 atom stereocenters. The van der Waals surface area contributed by atoms with Crippen LogP contribution in [0.4, 0.5) is 0 Å². The molecule has 1 heterocycles. The van der Waals surface area contributed by atoms with Gasteiger partial charge in [-0.2, -0.15) is 0 Å². The number of aromatic nitrogens is 1.